The quantitative estimate of drug-likeness (QED) is 0.774. The molecule has 0 amide bonds. The predicted octanol–water partition coefficient (Wildman–Crippen LogP) is 3.20. The van der Waals surface area contributed by atoms with Gasteiger partial charge in [0, 0.05) is 18.6 Å². The fraction of sp³-hybridized carbons (Fsp3) is 0.368. The predicted molar refractivity (Wildman–Crippen MR) is 100 cm³/mol. The van der Waals surface area contributed by atoms with Gasteiger partial charge in [-0.2, -0.15) is 0 Å². The lowest BCUT2D eigenvalue weighted by molar-refractivity contribution is 0.386. The van der Waals surface area contributed by atoms with Gasteiger partial charge in [-0.25, -0.2) is 17.5 Å². The Hall–Kier alpha value is -1.96. The normalized spacial score (nSPS) is 12.2. The van der Waals surface area contributed by atoms with Crippen molar-refractivity contribution < 1.29 is 17.5 Å². The molecular formula is C19H25FN2O3S. The average Bonchev–Trinajstić information content (AvgIpc) is 2.53. The van der Waals surface area contributed by atoms with Crippen LogP contribution in [0.4, 0.5) is 4.39 Å². The van der Waals surface area contributed by atoms with E-state index in [1.165, 1.54) is 13.2 Å². The molecule has 0 aliphatic carbocycles. The van der Waals surface area contributed by atoms with Gasteiger partial charge in [0.05, 0.1) is 12.0 Å². The van der Waals surface area contributed by atoms with Crippen molar-refractivity contribution >= 4 is 10.0 Å². The molecule has 0 bridgehead atoms. The highest BCUT2D eigenvalue weighted by Crippen LogP contribution is 2.19. The molecule has 7 heteroatoms. The number of ether oxygens (including phenoxy) is 1. The standard InChI is InChI=1S/C19H25FN2O3S/c1-19(2,3)22-26(23,24)18-8-6-5-7-15(18)13-21-12-14-9-10-17(25-4)16(20)11-14/h5-11,21-22H,12-13H2,1-4H3. The van der Waals surface area contributed by atoms with Gasteiger partial charge in [0.15, 0.2) is 11.6 Å². The molecule has 0 aliphatic heterocycles. The van der Waals surface area contributed by atoms with E-state index in [0.717, 1.165) is 5.56 Å². The minimum absolute atomic E-state index is 0.193. The van der Waals surface area contributed by atoms with Crippen LogP contribution in [0.2, 0.25) is 0 Å². The van der Waals surface area contributed by atoms with Gasteiger partial charge >= 0.3 is 0 Å². The maximum absolute atomic E-state index is 13.7. The number of sulfonamides is 1. The first-order valence-corrected chi connectivity index (χ1v) is 9.76. The Bertz CT molecular complexity index is 861. The van der Waals surface area contributed by atoms with Crippen LogP contribution in [0.1, 0.15) is 31.9 Å². The van der Waals surface area contributed by atoms with Crippen LogP contribution in [0.3, 0.4) is 0 Å². The molecule has 0 fully saturated rings. The third-order valence-corrected chi connectivity index (χ3v) is 5.42. The van der Waals surface area contributed by atoms with E-state index in [0.29, 0.717) is 18.7 Å². The average molecular weight is 380 g/mol. The van der Waals surface area contributed by atoms with E-state index in [-0.39, 0.29) is 10.6 Å². The Morgan fingerprint density at radius 2 is 1.77 bits per heavy atom. The molecule has 0 spiro atoms. The fourth-order valence-electron chi connectivity index (χ4n) is 2.53. The summed E-state index contributed by atoms with van der Waals surface area (Å²) in [5.41, 5.74) is 0.828. The van der Waals surface area contributed by atoms with Crippen LogP contribution < -0.4 is 14.8 Å². The molecule has 5 nitrogen and oxygen atoms in total. The van der Waals surface area contributed by atoms with Crippen molar-refractivity contribution in [3.8, 4) is 5.75 Å². The second kappa shape index (κ2) is 8.16. The van der Waals surface area contributed by atoms with Crippen LogP contribution in [-0.2, 0) is 23.1 Å². The monoisotopic (exact) mass is 380 g/mol. The van der Waals surface area contributed by atoms with Crippen LogP contribution in [0.15, 0.2) is 47.4 Å². The molecule has 0 aromatic heterocycles. The number of nitrogens with one attached hydrogen (secondary N) is 2. The number of hydrogen-bond donors (Lipinski definition) is 2. The van der Waals surface area contributed by atoms with E-state index in [9.17, 15) is 12.8 Å². The molecule has 2 rings (SSSR count). The highest BCUT2D eigenvalue weighted by atomic mass is 32.2. The van der Waals surface area contributed by atoms with Crippen LogP contribution in [0.25, 0.3) is 0 Å². The molecule has 0 aliphatic rings. The molecule has 2 aromatic carbocycles. The molecule has 2 N–H and O–H groups in total. The molecule has 0 saturated heterocycles. The molecule has 26 heavy (non-hydrogen) atoms. The maximum Gasteiger partial charge on any atom is 0.241 e. The van der Waals surface area contributed by atoms with Gasteiger partial charge in [0.25, 0.3) is 0 Å². The van der Waals surface area contributed by atoms with Crippen LogP contribution in [0, 0.1) is 5.82 Å². The summed E-state index contributed by atoms with van der Waals surface area (Å²) in [6.45, 7) is 6.13. The third-order valence-electron chi connectivity index (χ3n) is 3.56. The Labute approximate surface area is 154 Å². The number of hydrogen-bond acceptors (Lipinski definition) is 4. The Kier molecular flexibility index (Phi) is 6.39. The minimum atomic E-state index is -3.63. The van der Waals surface area contributed by atoms with Gasteiger partial charge in [-0.3, -0.25) is 0 Å². The number of methoxy groups -OCH3 is 1. The first-order chi connectivity index (χ1) is 12.1. The Balaban J connectivity index is 2.10. The molecule has 2 aromatic rings. The summed E-state index contributed by atoms with van der Waals surface area (Å²) in [6, 6.07) is 11.6. The highest BCUT2D eigenvalue weighted by molar-refractivity contribution is 7.89. The Morgan fingerprint density at radius 3 is 2.38 bits per heavy atom. The van der Waals surface area contributed by atoms with Gasteiger partial charge in [0.2, 0.25) is 10.0 Å². The van der Waals surface area contributed by atoms with E-state index < -0.39 is 21.4 Å². The van der Waals surface area contributed by atoms with Crippen molar-refractivity contribution in [2.45, 2.75) is 44.3 Å². The van der Waals surface area contributed by atoms with Crippen molar-refractivity contribution in [2.24, 2.45) is 0 Å². The molecule has 0 radical (unpaired) electrons. The van der Waals surface area contributed by atoms with Crippen molar-refractivity contribution in [3.63, 3.8) is 0 Å². The largest absolute Gasteiger partial charge is 0.494 e. The third kappa shape index (κ3) is 5.52. The highest BCUT2D eigenvalue weighted by Gasteiger charge is 2.24. The Morgan fingerprint density at radius 1 is 1.08 bits per heavy atom. The van der Waals surface area contributed by atoms with Crippen LogP contribution in [0.5, 0.6) is 5.75 Å². The van der Waals surface area contributed by atoms with E-state index in [2.05, 4.69) is 10.0 Å². The van der Waals surface area contributed by atoms with Crippen molar-refractivity contribution in [2.75, 3.05) is 7.11 Å². The SMILES string of the molecule is COc1ccc(CNCc2ccccc2S(=O)(=O)NC(C)(C)C)cc1F. The van der Waals surface area contributed by atoms with Crippen molar-refractivity contribution in [1.29, 1.82) is 0 Å². The van der Waals surface area contributed by atoms with E-state index in [4.69, 9.17) is 4.74 Å². The van der Waals surface area contributed by atoms with Gasteiger partial charge < -0.3 is 10.1 Å². The van der Waals surface area contributed by atoms with E-state index >= 15 is 0 Å². The molecular weight excluding hydrogens is 355 g/mol. The summed E-state index contributed by atoms with van der Waals surface area (Å²) in [5, 5.41) is 3.16. The smallest absolute Gasteiger partial charge is 0.241 e. The van der Waals surface area contributed by atoms with Gasteiger partial charge in [-0.15, -0.1) is 0 Å². The lowest BCUT2D eigenvalue weighted by atomic mass is 10.1. The van der Waals surface area contributed by atoms with Gasteiger partial charge in [-0.1, -0.05) is 24.3 Å². The van der Waals surface area contributed by atoms with Gasteiger partial charge in [0.1, 0.15) is 0 Å². The summed E-state index contributed by atoms with van der Waals surface area (Å²) in [7, 11) is -2.21. The zero-order valence-electron chi connectivity index (χ0n) is 15.5. The first kappa shape index (κ1) is 20.4. The lowest BCUT2D eigenvalue weighted by Gasteiger charge is -2.21. The van der Waals surface area contributed by atoms with Crippen LogP contribution >= 0.6 is 0 Å². The van der Waals surface area contributed by atoms with Gasteiger partial charge in [-0.05, 0) is 50.1 Å². The topological polar surface area (TPSA) is 67.4 Å². The van der Waals surface area contributed by atoms with Crippen molar-refractivity contribution in [1.82, 2.24) is 10.0 Å². The lowest BCUT2D eigenvalue weighted by Crippen LogP contribution is -2.40. The maximum atomic E-state index is 13.7. The molecule has 0 heterocycles. The molecule has 0 saturated carbocycles. The molecule has 0 unspecified atom stereocenters. The number of benzene rings is 2. The zero-order valence-corrected chi connectivity index (χ0v) is 16.3. The summed E-state index contributed by atoms with van der Waals surface area (Å²) in [6.07, 6.45) is 0. The summed E-state index contributed by atoms with van der Waals surface area (Å²) in [4.78, 5) is 0.239. The summed E-state index contributed by atoms with van der Waals surface area (Å²) < 4.78 is 46.5. The summed E-state index contributed by atoms with van der Waals surface area (Å²) >= 11 is 0. The zero-order chi connectivity index (χ0) is 19.4. The number of halogens is 1. The van der Waals surface area contributed by atoms with Crippen LogP contribution in [-0.4, -0.2) is 21.1 Å². The summed E-state index contributed by atoms with van der Waals surface area (Å²) in [5.74, 6) is -0.234. The first-order valence-electron chi connectivity index (χ1n) is 8.27. The molecule has 0 atom stereocenters. The van der Waals surface area contributed by atoms with Crippen molar-refractivity contribution in [3.05, 3.63) is 59.4 Å². The second-order valence-corrected chi connectivity index (χ2v) is 8.69. The number of rotatable bonds is 7. The van der Waals surface area contributed by atoms with E-state index in [1.54, 1.807) is 57.2 Å². The van der Waals surface area contributed by atoms with E-state index in [1.807, 2.05) is 0 Å². The second-order valence-electron chi connectivity index (χ2n) is 7.04. The fourth-order valence-corrected chi connectivity index (χ4v) is 4.19. The molecule has 142 valence electrons. The minimum Gasteiger partial charge on any atom is -0.494 e.